The number of ether oxygens (including phenoxy) is 4. The van der Waals surface area contributed by atoms with Crippen LogP contribution in [0.1, 0.15) is 36.1 Å². The van der Waals surface area contributed by atoms with E-state index >= 15 is 17.6 Å². The molecule has 0 aromatic heterocycles. The summed E-state index contributed by atoms with van der Waals surface area (Å²) in [5.41, 5.74) is 0.440. The molecule has 0 bridgehead atoms. The molecular weight excluding hydrogens is 580 g/mol. The summed E-state index contributed by atoms with van der Waals surface area (Å²) in [5.74, 6) is -1.71. The van der Waals surface area contributed by atoms with Gasteiger partial charge < -0.3 is 18.9 Å². The third kappa shape index (κ3) is 7.63. The molecule has 0 amide bonds. The standard InChI is InChI=1S/C34H28F4O6/c1-21(2)31(39)41-19-23-9-13-25(14-10-23)33(35,36)43-29-17-18-30(28-8-6-5-7-27(28)29)44-34(37,38)26-15-11-24(12-16-26)20-42-32(40)22(3)4/h5-18H,1,3,19-20H2,2,4H3. The summed E-state index contributed by atoms with van der Waals surface area (Å²) in [6.07, 6.45) is -7.58. The first-order chi connectivity index (χ1) is 20.8. The van der Waals surface area contributed by atoms with Crippen molar-refractivity contribution < 1.29 is 46.1 Å². The molecule has 0 heterocycles. The molecule has 6 nitrogen and oxygen atoms in total. The summed E-state index contributed by atoms with van der Waals surface area (Å²) in [6.45, 7) is 9.70. The molecular formula is C34H28F4O6. The first-order valence-corrected chi connectivity index (χ1v) is 13.3. The summed E-state index contributed by atoms with van der Waals surface area (Å²) < 4.78 is 81.0. The molecule has 0 aliphatic rings. The Morgan fingerprint density at radius 1 is 0.591 bits per heavy atom. The first kappa shape index (κ1) is 31.8. The van der Waals surface area contributed by atoms with Gasteiger partial charge in [0, 0.05) is 21.9 Å². The van der Waals surface area contributed by atoms with Gasteiger partial charge in [-0.3, -0.25) is 0 Å². The van der Waals surface area contributed by atoms with Gasteiger partial charge >= 0.3 is 24.2 Å². The van der Waals surface area contributed by atoms with Crippen molar-refractivity contribution in [2.24, 2.45) is 0 Å². The Kier molecular flexibility index (Phi) is 9.42. The fourth-order valence-corrected chi connectivity index (χ4v) is 3.95. The molecule has 0 aliphatic heterocycles. The van der Waals surface area contributed by atoms with Crippen molar-refractivity contribution in [3.05, 3.63) is 131 Å². The summed E-state index contributed by atoms with van der Waals surface area (Å²) >= 11 is 0. The molecule has 0 saturated heterocycles. The second-order valence-electron chi connectivity index (χ2n) is 9.95. The van der Waals surface area contributed by atoms with Crippen molar-refractivity contribution >= 4 is 22.7 Å². The van der Waals surface area contributed by atoms with E-state index in [0.29, 0.717) is 11.1 Å². The minimum Gasteiger partial charge on any atom is -0.457 e. The van der Waals surface area contributed by atoms with Crippen molar-refractivity contribution in [1.82, 2.24) is 0 Å². The van der Waals surface area contributed by atoms with Gasteiger partial charge in [0.1, 0.15) is 24.7 Å². The van der Waals surface area contributed by atoms with E-state index in [1.165, 1.54) is 50.2 Å². The Hall–Kier alpha value is -5.12. The van der Waals surface area contributed by atoms with E-state index in [-0.39, 0.29) is 46.6 Å². The number of alkyl halides is 4. The van der Waals surface area contributed by atoms with Gasteiger partial charge in [-0.2, -0.15) is 17.6 Å². The Balaban J connectivity index is 1.50. The van der Waals surface area contributed by atoms with Crippen LogP contribution in [-0.4, -0.2) is 11.9 Å². The molecule has 0 saturated carbocycles. The van der Waals surface area contributed by atoms with Crippen LogP contribution >= 0.6 is 0 Å². The van der Waals surface area contributed by atoms with E-state index in [1.54, 1.807) is 12.1 Å². The smallest absolute Gasteiger partial charge is 0.426 e. The lowest BCUT2D eigenvalue weighted by Crippen LogP contribution is -2.23. The molecule has 4 aromatic rings. The molecule has 0 spiro atoms. The number of esters is 2. The van der Waals surface area contributed by atoms with Gasteiger partial charge in [-0.15, -0.1) is 0 Å². The Morgan fingerprint density at radius 3 is 1.25 bits per heavy atom. The van der Waals surface area contributed by atoms with Crippen LogP contribution in [0.15, 0.2) is 109 Å². The number of benzene rings is 4. The fourth-order valence-electron chi connectivity index (χ4n) is 3.95. The molecule has 4 aromatic carbocycles. The quantitative estimate of drug-likeness (QED) is 0.0915. The molecule has 0 fully saturated rings. The summed E-state index contributed by atoms with van der Waals surface area (Å²) in [6, 6.07) is 18.3. The molecule has 10 heteroatoms. The number of fused-ring (bicyclic) bond motifs is 1. The highest BCUT2D eigenvalue weighted by Gasteiger charge is 2.37. The van der Waals surface area contributed by atoms with E-state index in [4.69, 9.17) is 18.9 Å². The van der Waals surface area contributed by atoms with Crippen molar-refractivity contribution in [3.63, 3.8) is 0 Å². The topological polar surface area (TPSA) is 71.1 Å². The number of carbonyl (C=O) groups excluding carboxylic acids is 2. The Morgan fingerprint density at radius 2 is 0.932 bits per heavy atom. The predicted molar refractivity (Wildman–Crippen MR) is 155 cm³/mol. The number of rotatable bonds is 12. The van der Waals surface area contributed by atoms with Crippen LogP contribution in [0.25, 0.3) is 10.8 Å². The molecule has 228 valence electrons. The Bertz CT molecular complexity index is 1570. The third-order valence-electron chi connectivity index (χ3n) is 6.34. The number of hydrogen-bond donors (Lipinski definition) is 0. The van der Waals surface area contributed by atoms with Gasteiger partial charge in [0.25, 0.3) is 0 Å². The predicted octanol–water partition coefficient (Wildman–Crippen LogP) is 8.34. The van der Waals surface area contributed by atoms with Crippen LogP contribution in [0.2, 0.25) is 0 Å². The maximum atomic E-state index is 15.2. The van der Waals surface area contributed by atoms with Gasteiger partial charge in [0.2, 0.25) is 0 Å². The molecule has 0 radical (unpaired) electrons. The summed E-state index contributed by atoms with van der Waals surface area (Å²) in [4.78, 5) is 23.1. The van der Waals surface area contributed by atoms with Crippen molar-refractivity contribution in [2.75, 3.05) is 0 Å². The summed E-state index contributed by atoms with van der Waals surface area (Å²) in [5, 5.41) is 0.247. The fraction of sp³-hybridized carbons (Fsp3) is 0.176. The number of carbonyl (C=O) groups is 2. The van der Waals surface area contributed by atoms with E-state index in [1.807, 2.05) is 0 Å². The van der Waals surface area contributed by atoms with Crippen LogP contribution in [0.3, 0.4) is 0 Å². The van der Waals surface area contributed by atoms with E-state index in [2.05, 4.69) is 13.2 Å². The van der Waals surface area contributed by atoms with Gasteiger partial charge in [-0.1, -0.05) is 61.7 Å². The maximum Gasteiger partial charge on any atom is 0.426 e. The SMILES string of the molecule is C=C(C)C(=O)OCc1ccc(C(F)(F)Oc2ccc(OC(F)(F)c3ccc(COC(=O)C(=C)C)cc3)c3ccccc23)cc1. The van der Waals surface area contributed by atoms with Crippen LogP contribution in [-0.2, 0) is 44.5 Å². The zero-order valence-electron chi connectivity index (χ0n) is 23.9. The van der Waals surface area contributed by atoms with Gasteiger partial charge in [0.05, 0.1) is 11.1 Å². The maximum absolute atomic E-state index is 15.2. The van der Waals surface area contributed by atoms with Crippen LogP contribution in [0.5, 0.6) is 11.5 Å². The largest absolute Gasteiger partial charge is 0.457 e. The lowest BCUT2D eigenvalue weighted by molar-refractivity contribution is -0.186. The normalized spacial score (nSPS) is 11.5. The molecule has 44 heavy (non-hydrogen) atoms. The highest BCUT2D eigenvalue weighted by molar-refractivity contribution is 5.93. The monoisotopic (exact) mass is 608 g/mol. The first-order valence-electron chi connectivity index (χ1n) is 13.3. The minimum atomic E-state index is -3.79. The highest BCUT2D eigenvalue weighted by atomic mass is 19.3. The zero-order valence-corrected chi connectivity index (χ0v) is 23.9. The zero-order chi connectivity index (χ0) is 32.1. The lowest BCUT2D eigenvalue weighted by atomic mass is 10.1. The lowest BCUT2D eigenvalue weighted by Gasteiger charge is -2.22. The van der Waals surface area contributed by atoms with Crippen molar-refractivity contribution in [1.29, 1.82) is 0 Å². The Labute approximate surface area is 251 Å². The molecule has 4 rings (SSSR count). The molecule has 0 unspecified atom stereocenters. The van der Waals surface area contributed by atoms with Gasteiger partial charge in [0.15, 0.2) is 0 Å². The average Bonchev–Trinajstić information content (AvgIpc) is 3.00. The average molecular weight is 609 g/mol. The second-order valence-corrected chi connectivity index (χ2v) is 9.95. The van der Waals surface area contributed by atoms with E-state index in [9.17, 15) is 9.59 Å². The van der Waals surface area contributed by atoms with Gasteiger partial charge in [-0.25, -0.2) is 9.59 Å². The van der Waals surface area contributed by atoms with Crippen molar-refractivity contribution in [3.8, 4) is 11.5 Å². The molecule has 0 N–H and O–H groups in total. The minimum absolute atomic E-state index is 0.121. The number of hydrogen-bond acceptors (Lipinski definition) is 6. The van der Waals surface area contributed by atoms with Crippen molar-refractivity contribution in [2.45, 2.75) is 39.3 Å². The van der Waals surface area contributed by atoms with Crippen LogP contribution in [0, 0.1) is 0 Å². The number of halogens is 4. The van der Waals surface area contributed by atoms with E-state index < -0.39 is 35.3 Å². The highest BCUT2D eigenvalue weighted by Crippen LogP contribution is 2.41. The third-order valence-corrected chi connectivity index (χ3v) is 6.34. The molecule has 0 aliphatic carbocycles. The van der Waals surface area contributed by atoms with Crippen LogP contribution in [0.4, 0.5) is 17.6 Å². The van der Waals surface area contributed by atoms with Gasteiger partial charge in [-0.05, 0) is 61.4 Å². The van der Waals surface area contributed by atoms with E-state index in [0.717, 1.165) is 36.4 Å². The molecule has 0 atom stereocenters. The van der Waals surface area contributed by atoms with Crippen LogP contribution < -0.4 is 9.47 Å². The summed E-state index contributed by atoms with van der Waals surface area (Å²) in [7, 11) is 0. The second kappa shape index (κ2) is 13.0.